The molecule has 0 atom stereocenters. The zero-order chi connectivity index (χ0) is 10.2. The predicted molar refractivity (Wildman–Crippen MR) is 69.0 cm³/mol. The average molecular weight is 311 g/mol. The second-order valence-corrected chi connectivity index (χ2v) is 5.25. The van der Waals surface area contributed by atoms with Crippen LogP contribution in [-0.4, -0.2) is 40.2 Å². The van der Waals surface area contributed by atoms with E-state index in [0.29, 0.717) is 0 Å². The highest BCUT2D eigenvalue weighted by molar-refractivity contribution is 14.1. The van der Waals surface area contributed by atoms with E-state index in [1.54, 1.807) is 0 Å². The fraction of sp³-hybridized carbons (Fsp3) is 1.00. The summed E-state index contributed by atoms with van der Waals surface area (Å²) < 4.78 is 1.30. The highest BCUT2D eigenvalue weighted by Gasteiger charge is 2.15. The van der Waals surface area contributed by atoms with Gasteiger partial charge in [0.15, 0.2) is 0 Å². The molecule has 0 bridgehead atoms. The summed E-state index contributed by atoms with van der Waals surface area (Å²) in [4.78, 5) is 2.50. The molecule has 1 rings (SSSR count). The van der Waals surface area contributed by atoms with Gasteiger partial charge >= 0.3 is 0 Å². The number of piperidine rings is 1. The van der Waals surface area contributed by atoms with Gasteiger partial charge in [0.25, 0.3) is 0 Å². The molecule has 0 saturated carbocycles. The Bertz CT molecular complexity index is 135. The Morgan fingerprint density at radius 3 is 2.36 bits per heavy atom. The second kappa shape index (κ2) is 7.88. The number of aliphatic hydroxyl groups excluding tert-OH is 1. The monoisotopic (exact) mass is 311 g/mol. The van der Waals surface area contributed by atoms with Gasteiger partial charge in [-0.1, -0.05) is 35.4 Å². The van der Waals surface area contributed by atoms with Crippen molar-refractivity contribution in [2.24, 2.45) is 0 Å². The van der Waals surface area contributed by atoms with Gasteiger partial charge in [-0.3, -0.25) is 0 Å². The summed E-state index contributed by atoms with van der Waals surface area (Å²) in [6, 6.07) is 0. The van der Waals surface area contributed by atoms with Gasteiger partial charge in [-0.2, -0.15) is 0 Å². The molecule has 0 amide bonds. The minimum Gasteiger partial charge on any atom is -0.393 e. The molecule has 0 aromatic rings. The van der Waals surface area contributed by atoms with Gasteiger partial charge < -0.3 is 10.0 Å². The first-order chi connectivity index (χ1) is 6.83. The smallest absolute Gasteiger partial charge is 0.0564 e. The summed E-state index contributed by atoms with van der Waals surface area (Å²) in [5, 5.41) is 9.34. The third-order valence-corrected chi connectivity index (χ3v) is 3.68. The van der Waals surface area contributed by atoms with Crippen molar-refractivity contribution >= 4 is 22.6 Å². The maximum Gasteiger partial charge on any atom is 0.0564 e. The van der Waals surface area contributed by atoms with Crippen LogP contribution in [0.4, 0.5) is 0 Å². The lowest BCUT2D eigenvalue weighted by Gasteiger charge is -2.29. The summed E-state index contributed by atoms with van der Waals surface area (Å²) >= 11 is 2.45. The zero-order valence-corrected chi connectivity index (χ0v) is 11.1. The lowest BCUT2D eigenvalue weighted by atomic mass is 10.1. The van der Waals surface area contributed by atoms with E-state index in [9.17, 15) is 5.11 Å². The van der Waals surface area contributed by atoms with E-state index in [-0.39, 0.29) is 6.10 Å². The molecule has 1 N–H and O–H groups in total. The number of hydrogen-bond acceptors (Lipinski definition) is 2. The first-order valence-corrected chi connectivity index (χ1v) is 7.32. The fourth-order valence-corrected chi connectivity index (χ4v) is 2.47. The molecule has 0 aromatic heterocycles. The molecule has 0 unspecified atom stereocenters. The molecular weight excluding hydrogens is 289 g/mol. The highest BCUT2D eigenvalue weighted by atomic mass is 127. The maximum atomic E-state index is 9.34. The van der Waals surface area contributed by atoms with E-state index < -0.39 is 0 Å². The van der Waals surface area contributed by atoms with Crippen LogP contribution in [0, 0.1) is 0 Å². The Labute approximate surface area is 101 Å². The van der Waals surface area contributed by atoms with Crippen LogP contribution in [-0.2, 0) is 0 Å². The van der Waals surface area contributed by atoms with Crippen molar-refractivity contribution in [2.75, 3.05) is 24.1 Å². The van der Waals surface area contributed by atoms with Crippen molar-refractivity contribution in [3.05, 3.63) is 0 Å². The molecule has 0 radical (unpaired) electrons. The Balaban J connectivity index is 1.91. The number of aliphatic hydroxyl groups is 1. The molecule has 3 heteroatoms. The minimum atomic E-state index is -0.0229. The summed E-state index contributed by atoms with van der Waals surface area (Å²) in [6.07, 6.45) is 7.42. The molecule has 1 aliphatic rings. The highest BCUT2D eigenvalue weighted by Crippen LogP contribution is 2.11. The molecule has 1 heterocycles. The normalized spacial score (nSPS) is 20.1. The molecule has 1 saturated heterocycles. The van der Waals surface area contributed by atoms with Crippen LogP contribution >= 0.6 is 22.6 Å². The summed E-state index contributed by atoms with van der Waals surface area (Å²) in [7, 11) is 0. The van der Waals surface area contributed by atoms with Gasteiger partial charge in [0.2, 0.25) is 0 Å². The van der Waals surface area contributed by atoms with Crippen LogP contribution in [0.3, 0.4) is 0 Å². The van der Waals surface area contributed by atoms with Crippen molar-refractivity contribution in [3.8, 4) is 0 Å². The average Bonchev–Trinajstić information content (AvgIpc) is 2.21. The Morgan fingerprint density at radius 1 is 1.07 bits per heavy atom. The largest absolute Gasteiger partial charge is 0.393 e. The van der Waals surface area contributed by atoms with Crippen LogP contribution in [0.25, 0.3) is 0 Å². The third-order valence-electron chi connectivity index (χ3n) is 2.92. The van der Waals surface area contributed by atoms with Crippen LogP contribution in [0.2, 0.25) is 0 Å². The Hall–Kier alpha value is 0.650. The molecule has 1 fully saturated rings. The third kappa shape index (κ3) is 5.51. The number of rotatable bonds is 6. The van der Waals surface area contributed by atoms with E-state index in [2.05, 4.69) is 27.5 Å². The standard InChI is InChI=1S/C11H22INO/c12-7-3-1-2-4-8-13-9-5-11(14)6-10-13/h11,14H,1-10H2. The van der Waals surface area contributed by atoms with Gasteiger partial charge in [-0.25, -0.2) is 0 Å². The maximum absolute atomic E-state index is 9.34. The second-order valence-electron chi connectivity index (χ2n) is 4.18. The Morgan fingerprint density at radius 2 is 1.71 bits per heavy atom. The molecule has 84 valence electrons. The molecular formula is C11H22INO. The van der Waals surface area contributed by atoms with Crippen LogP contribution < -0.4 is 0 Å². The van der Waals surface area contributed by atoms with Gasteiger partial charge in [-0.15, -0.1) is 0 Å². The van der Waals surface area contributed by atoms with Gasteiger partial charge in [-0.05, 0) is 36.7 Å². The number of unbranched alkanes of at least 4 members (excludes halogenated alkanes) is 3. The molecule has 0 aliphatic carbocycles. The minimum absolute atomic E-state index is 0.0229. The number of alkyl halides is 1. The molecule has 0 aromatic carbocycles. The van der Waals surface area contributed by atoms with Crippen molar-refractivity contribution in [2.45, 2.75) is 44.6 Å². The lowest BCUT2D eigenvalue weighted by Crippen LogP contribution is -2.36. The molecule has 2 nitrogen and oxygen atoms in total. The fourth-order valence-electron chi connectivity index (χ4n) is 1.93. The van der Waals surface area contributed by atoms with Gasteiger partial charge in [0.1, 0.15) is 0 Å². The van der Waals surface area contributed by atoms with Gasteiger partial charge in [0, 0.05) is 13.1 Å². The van der Waals surface area contributed by atoms with Crippen molar-refractivity contribution in [1.29, 1.82) is 0 Å². The van der Waals surface area contributed by atoms with Crippen LogP contribution in [0.15, 0.2) is 0 Å². The molecule has 14 heavy (non-hydrogen) atoms. The quantitative estimate of drug-likeness (QED) is 0.463. The topological polar surface area (TPSA) is 23.5 Å². The van der Waals surface area contributed by atoms with Crippen LogP contribution in [0.5, 0.6) is 0 Å². The molecule has 0 spiro atoms. The first-order valence-electron chi connectivity index (χ1n) is 5.79. The number of hydrogen-bond donors (Lipinski definition) is 1. The molecule has 1 aliphatic heterocycles. The van der Waals surface area contributed by atoms with Crippen molar-refractivity contribution in [3.63, 3.8) is 0 Å². The van der Waals surface area contributed by atoms with Crippen molar-refractivity contribution in [1.82, 2.24) is 4.90 Å². The van der Waals surface area contributed by atoms with E-state index in [1.165, 1.54) is 36.7 Å². The number of halogens is 1. The summed E-state index contributed by atoms with van der Waals surface area (Å²) in [5.41, 5.74) is 0. The van der Waals surface area contributed by atoms with E-state index >= 15 is 0 Å². The van der Waals surface area contributed by atoms with E-state index in [1.807, 2.05) is 0 Å². The van der Waals surface area contributed by atoms with Gasteiger partial charge in [0.05, 0.1) is 6.10 Å². The summed E-state index contributed by atoms with van der Waals surface area (Å²) in [6.45, 7) is 3.45. The first kappa shape index (κ1) is 12.7. The van der Waals surface area contributed by atoms with Crippen LogP contribution in [0.1, 0.15) is 38.5 Å². The van der Waals surface area contributed by atoms with E-state index in [0.717, 1.165) is 25.9 Å². The Kier molecular flexibility index (Phi) is 7.16. The SMILES string of the molecule is OC1CCN(CCCCCCI)CC1. The number of nitrogens with zero attached hydrogens (tertiary/aromatic N) is 1. The summed E-state index contributed by atoms with van der Waals surface area (Å²) in [5.74, 6) is 0. The zero-order valence-electron chi connectivity index (χ0n) is 8.92. The lowest BCUT2D eigenvalue weighted by molar-refractivity contribution is 0.0818. The predicted octanol–water partition coefficient (Wildman–Crippen LogP) is 2.44. The number of likely N-dealkylation sites (tertiary alicyclic amines) is 1. The van der Waals surface area contributed by atoms with Crippen molar-refractivity contribution < 1.29 is 5.11 Å². The van der Waals surface area contributed by atoms with E-state index in [4.69, 9.17) is 0 Å².